The molecule has 3 rings (SSSR count). The third-order valence-electron chi connectivity index (χ3n) is 5.00. The van der Waals surface area contributed by atoms with Gasteiger partial charge in [-0.3, -0.25) is 4.79 Å². The molecular formula is C16H22F3N3O2S. The van der Waals surface area contributed by atoms with Gasteiger partial charge in [0.2, 0.25) is 5.91 Å². The Labute approximate surface area is 149 Å². The monoisotopic (exact) mass is 377 g/mol. The number of hydrogen-bond donors (Lipinski definition) is 1. The van der Waals surface area contributed by atoms with E-state index in [2.05, 4.69) is 17.4 Å². The summed E-state index contributed by atoms with van der Waals surface area (Å²) in [5.41, 5.74) is 0.568. The van der Waals surface area contributed by atoms with Crippen LogP contribution in [0.3, 0.4) is 0 Å². The number of rotatable bonds is 4. The van der Waals surface area contributed by atoms with Gasteiger partial charge in [0.15, 0.2) is 0 Å². The average molecular weight is 377 g/mol. The van der Waals surface area contributed by atoms with Crippen LogP contribution in [-0.2, 0) is 9.63 Å². The fourth-order valence-electron chi connectivity index (χ4n) is 3.36. The zero-order valence-corrected chi connectivity index (χ0v) is 14.9. The van der Waals surface area contributed by atoms with Crippen LogP contribution in [0, 0.1) is 0 Å². The highest BCUT2D eigenvalue weighted by atomic mass is 32.2. The molecule has 1 amide bonds. The molecule has 3 aliphatic rings. The van der Waals surface area contributed by atoms with E-state index in [1.54, 1.807) is 16.7 Å². The van der Waals surface area contributed by atoms with Gasteiger partial charge in [-0.1, -0.05) is 16.9 Å². The summed E-state index contributed by atoms with van der Waals surface area (Å²) >= 11 is 1.65. The molecule has 0 bridgehead atoms. The molecule has 9 heteroatoms. The van der Waals surface area contributed by atoms with Crippen LogP contribution in [-0.4, -0.2) is 46.3 Å². The number of nitrogens with zero attached hydrogens (tertiary/aromatic N) is 2. The zero-order chi connectivity index (χ0) is 18.1. The summed E-state index contributed by atoms with van der Waals surface area (Å²) in [5.74, 6) is -0.206. The van der Waals surface area contributed by atoms with Gasteiger partial charge in [-0.15, -0.1) is 0 Å². The van der Waals surface area contributed by atoms with E-state index < -0.39 is 12.6 Å². The largest absolute Gasteiger partial charge is 0.389 e. The van der Waals surface area contributed by atoms with Crippen molar-refractivity contribution in [2.75, 3.05) is 13.1 Å². The summed E-state index contributed by atoms with van der Waals surface area (Å²) in [6.45, 7) is 3.06. The lowest BCUT2D eigenvalue weighted by Crippen LogP contribution is -2.48. The number of halogens is 3. The molecule has 140 valence electrons. The van der Waals surface area contributed by atoms with Gasteiger partial charge in [-0.25, -0.2) is 0 Å². The molecular weight excluding hydrogens is 355 g/mol. The summed E-state index contributed by atoms with van der Waals surface area (Å²) in [7, 11) is 0. The number of carbonyl (C=O) groups is 1. The first-order valence-corrected chi connectivity index (χ1v) is 9.30. The van der Waals surface area contributed by atoms with Crippen molar-refractivity contribution in [3.63, 3.8) is 0 Å². The van der Waals surface area contributed by atoms with Crippen LogP contribution in [0.5, 0.6) is 0 Å². The highest BCUT2D eigenvalue weighted by Gasteiger charge is 2.48. The number of oxime groups is 1. The molecule has 1 N–H and O–H groups in total. The number of carbonyl (C=O) groups excluding carboxylic acids is 1. The second-order valence-electron chi connectivity index (χ2n) is 6.94. The number of hydrogen-bond acceptors (Lipinski definition) is 5. The van der Waals surface area contributed by atoms with Gasteiger partial charge in [0.1, 0.15) is 10.5 Å². The van der Waals surface area contributed by atoms with Crippen LogP contribution >= 0.6 is 11.8 Å². The minimum absolute atomic E-state index is 0.0561. The number of amides is 1. The first-order chi connectivity index (χ1) is 11.7. The number of nitrogens with one attached hydrogen (secondary N) is 1. The third-order valence-corrected chi connectivity index (χ3v) is 6.10. The second kappa shape index (κ2) is 6.74. The van der Waals surface area contributed by atoms with Crippen LogP contribution < -0.4 is 5.32 Å². The van der Waals surface area contributed by atoms with Gasteiger partial charge in [0.05, 0.1) is 5.71 Å². The highest BCUT2D eigenvalue weighted by Crippen LogP contribution is 2.41. The van der Waals surface area contributed by atoms with Crippen molar-refractivity contribution in [2.45, 2.75) is 62.1 Å². The summed E-state index contributed by atoms with van der Waals surface area (Å²) in [5, 5.41) is 9.53. The Morgan fingerprint density at radius 3 is 2.76 bits per heavy atom. The van der Waals surface area contributed by atoms with Crippen molar-refractivity contribution in [3.05, 3.63) is 11.6 Å². The molecule has 0 saturated carbocycles. The maximum atomic E-state index is 12.2. The van der Waals surface area contributed by atoms with E-state index in [-0.39, 0.29) is 29.2 Å². The maximum absolute atomic E-state index is 12.2. The van der Waals surface area contributed by atoms with E-state index in [4.69, 9.17) is 4.84 Å². The minimum Gasteiger partial charge on any atom is -0.389 e. The van der Waals surface area contributed by atoms with Gasteiger partial charge in [0, 0.05) is 51.4 Å². The lowest BCUT2D eigenvalue weighted by atomic mass is 9.85. The standard InChI is InChI=1S/C16H22F3N3O2S/c1-14(20-7-10-25-14)12-11-15(24-21-12)5-8-22(9-6-15)13(23)3-2-4-16(17,18)19/h7,10,20H,2-6,8-9,11H2,1H3. The number of thioether (sulfide) groups is 1. The van der Waals surface area contributed by atoms with Gasteiger partial charge in [-0.2, -0.15) is 13.2 Å². The van der Waals surface area contributed by atoms with Gasteiger partial charge >= 0.3 is 6.18 Å². The Bertz CT molecular complexity index is 576. The van der Waals surface area contributed by atoms with E-state index >= 15 is 0 Å². The Balaban J connectivity index is 1.46. The fraction of sp³-hybridized carbons (Fsp3) is 0.750. The van der Waals surface area contributed by atoms with Gasteiger partial charge in [0.25, 0.3) is 0 Å². The number of likely N-dealkylation sites (tertiary alicyclic amines) is 1. The maximum Gasteiger partial charge on any atom is 0.389 e. The van der Waals surface area contributed by atoms with Crippen LogP contribution in [0.15, 0.2) is 16.8 Å². The first kappa shape index (κ1) is 18.4. The van der Waals surface area contributed by atoms with Crippen LogP contribution in [0.4, 0.5) is 13.2 Å². The first-order valence-electron chi connectivity index (χ1n) is 8.42. The molecule has 1 fully saturated rings. The average Bonchev–Trinajstić information content (AvgIpc) is 3.15. The molecule has 1 saturated heterocycles. The zero-order valence-electron chi connectivity index (χ0n) is 14.1. The molecule has 1 unspecified atom stereocenters. The topological polar surface area (TPSA) is 53.9 Å². The molecule has 3 aliphatic heterocycles. The Morgan fingerprint density at radius 2 is 2.16 bits per heavy atom. The normalized spacial score (nSPS) is 28.0. The number of alkyl halides is 3. The molecule has 0 radical (unpaired) electrons. The molecule has 0 aromatic heterocycles. The van der Waals surface area contributed by atoms with Crippen molar-refractivity contribution in [1.82, 2.24) is 10.2 Å². The van der Waals surface area contributed by atoms with Crippen molar-refractivity contribution < 1.29 is 22.8 Å². The molecule has 1 atom stereocenters. The fourth-order valence-corrected chi connectivity index (χ4v) is 4.15. The SMILES string of the molecule is CC1(C2=NOC3(CCN(C(=O)CCCC(F)(F)F)CC3)C2)NC=CS1. The Hall–Kier alpha value is -1.38. The molecule has 25 heavy (non-hydrogen) atoms. The summed E-state index contributed by atoms with van der Waals surface area (Å²) < 4.78 is 36.5. The van der Waals surface area contributed by atoms with E-state index in [1.165, 1.54) is 0 Å². The minimum atomic E-state index is -4.20. The summed E-state index contributed by atoms with van der Waals surface area (Å²) in [4.78, 5) is 19.2. The molecule has 0 aliphatic carbocycles. The van der Waals surface area contributed by atoms with E-state index in [0.29, 0.717) is 32.4 Å². The van der Waals surface area contributed by atoms with E-state index in [9.17, 15) is 18.0 Å². The van der Waals surface area contributed by atoms with E-state index in [0.717, 1.165) is 5.71 Å². The Morgan fingerprint density at radius 1 is 1.44 bits per heavy atom. The van der Waals surface area contributed by atoms with Gasteiger partial charge in [-0.05, 0) is 18.8 Å². The summed E-state index contributed by atoms with van der Waals surface area (Å²) in [6, 6.07) is 0. The van der Waals surface area contributed by atoms with Crippen molar-refractivity contribution in [3.8, 4) is 0 Å². The second-order valence-corrected chi connectivity index (χ2v) is 8.26. The van der Waals surface area contributed by atoms with Gasteiger partial charge < -0.3 is 15.1 Å². The third kappa shape index (κ3) is 4.24. The van der Waals surface area contributed by atoms with Crippen molar-refractivity contribution in [1.29, 1.82) is 0 Å². The lowest BCUT2D eigenvalue weighted by molar-refractivity contribution is -0.142. The predicted octanol–water partition coefficient (Wildman–Crippen LogP) is 3.38. The highest BCUT2D eigenvalue weighted by molar-refractivity contribution is 8.04. The van der Waals surface area contributed by atoms with Crippen LogP contribution in [0.2, 0.25) is 0 Å². The molecule has 5 nitrogen and oxygen atoms in total. The van der Waals surface area contributed by atoms with E-state index in [1.807, 2.05) is 11.6 Å². The molecule has 3 heterocycles. The molecule has 0 aromatic carbocycles. The molecule has 1 spiro atoms. The summed E-state index contributed by atoms with van der Waals surface area (Å²) in [6.07, 6.45) is -1.41. The lowest BCUT2D eigenvalue weighted by Gasteiger charge is -2.37. The Kier molecular flexibility index (Phi) is 4.96. The number of piperidine rings is 1. The smallest absolute Gasteiger partial charge is 0.389 e. The quantitative estimate of drug-likeness (QED) is 0.816. The molecule has 0 aromatic rings. The predicted molar refractivity (Wildman–Crippen MR) is 89.9 cm³/mol. The van der Waals surface area contributed by atoms with Crippen molar-refractivity contribution in [2.24, 2.45) is 5.16 Å². The van der Waals surface area contributed by atoms with Crippen LogP contribution in [0.1, 0.15) is 45.4 Å². The van der Waals surface area contributed by atoms with Crippen molar-refractivity contribution >= 4 is 23.4 Å². The van der Waals surface area contributed by atoms with Crippen LogP contribution in [0.25, 0.3) is 0 Å².